The Morgan fingerprint density at radius 3 is 2.61 bits per heavy atom. The quantitative estimate of drug-likeness (QED) is 0.738. The summed E-state index contributed by atoms with van der Waals surface area (Å²) < 4.78 is 13.6. The molecule has 1 heterocycles. The molecule has 0 saturated carbocycles. The molecule has 2 N–H and O–H groups in total. The predicted molar refractivity (Wildman–Crippen MR) is 90.2 cm³/mol. The maximum Gasteiger partial charge on any atom is 0.229 e. The molecule has 0 aliphatic heterocycles. The van der Waals surface area contributed by atoms with Crippen LogP contribution in [0.3, 0.4) is 0 Å². The van der Waals surface area contributed by atoms with E-state index in [9.17, 15) is 4.39 Å². The largest absolute Gasteiger partial charge is 0.366 e. The topological polar surface area (TPSA) is 49.8 Å². The van der Waals surface area contributed by atoms with E-state index in [0.29, 0.717) is 23.9 Å². The van der Waals surface area contributed by atoms with Gasteiger partial charge in [-0.05, 0) is 30.7 Å². The Morgan fingerprint density at radius 1 is 1.00 bits per heavy atom. The molecule has 0 fully saturated rings. The van der Waals surface area contributed by atoms with Crippen molar-refractivity contribution in [3.63, 3.8) is 0 Å². The van der Waals surface area contributed by atoms with Crippen molar-refractivity contribution in [2.45, 2.75) is 13.5 Å². The predicted octanol–water partition coefficient (Wildman–Crippen LogP) is 4.28. The van der Waals surface area contributed by atoms with E-state index in [4.69, 9.17) is 0 Å². The Kier molecular flexibility index (Phi) is 4.47. The molecular formula is C18H17FN4. The molecule has 0 aliphatic rings. The van der Waals surface area contributed by atoms with Crippen molar-refractivity contribution in [1.29, 1.82) is 0 Å². The van der Waals surface area contributed by atoms with Crippen molar-refractivity contribution >= 4 is 17.5 Å². The van der Waals surface area contributed by atoms with E-state index in [2.05, 4.69) is 20.6 Å². The monoisotopic (exact) mass is 308 g/mol. The number of aromatic nitrogens is 2. The van der Waals surface area contributed by atoms with Crippen molar-refractivity contribution in [1.82, 2.24) is 9.97 Å². The van der Waals surface area contributed by atoms with Gasteiger partial charge < -0.3 is 10.6 Å². The minimum atomic E-state index is -0.229. The zero-order valence-electron chi connectivity index (χ0n) is 12.8. The lowest BCUT2D eigenvalue weighted by molar-refractivity contribution is 0.613. The first-order valence-electron chi connectivity index (χ1n) is 7.35. The standard InChI is InChI=1S/C18H17FN4/c1-13-6-2-5-9-16(13)22-18-20-11-10-17(23-18)21-12-14-7-3-4-8-15(14)19/h2-11H,12H2,1H3,(H2,20,21,22,23). The fourth-order valence-electron chi connectivity index (χ4n) is 2.18. The Bertz CT molecular complexity index is 804. The molecule has 0 amide bonds. The normalized spacial score (nSPS) is 10.3. The molecule has 5 heteroatoms. The van der Waals surface area contributed by atoms with E-state index in [1.54, 1.807) is 24.4 Å². The molecule has 2 aromatic carbocycles. The van der Waals surface area contributed by atoms with Crippen molar-refractivity contribution in [2.24, 2.45) is 0 Å². The van der Waals surface area contributed by atoms with E-state index in [1.165, 1.54) is 6.07 Å². The first kappa shape index (κ1) is 15.0. The maximum absolute atomic E-state index is 13.6. The molecule has 3 aromatic rings. The second-order valence-electron chi connectivity index (χ2n) is 5.15. The van der Waals surface area contributed by atoms with Gasteiger partial charge in [-0.25, -0.2) is 9.37 Å². The fourth-order valence-corrected chi connectivity index (χ4v) is 2.18. The Balaban J connectivity index is 1.70. The summed E-state index contributed by atoms with van der Waals surface area (Å²) in [5.74, 6) is 0.907. The lowest BCUT2D eigenvalue weighted by atomic mass is 10.2. The number of para-hydroxylation sites is 1. The second-order valence-corrected chi connectivity index (χ2v) is 5.15. The van der Waals surface area contributed by atoms with Crippen LogP contribution in [0.15, 0.2) is 60.8 Å². The van der Waals surface area contributed by atoms with Crippen molar-refractivity contribution in [2.75, 3.05) is 10.6 Å². The van der Waals surface area contributed by atoms with Crippen LogP contribution in [-0.2, 0) is 6.54 Å². The zero-order valence-corrected chi connectivity index (χ0v) is 12.8. The van der Waals surface area contributed by atoms with Gasteiger partial charge in [-0.1, -0.05) is 36.4 Å². The fraction of sp³-hybridized carbons (Fsp3) is 0.111. The molecular weight excluding hydrogens is 291 g/mol. The molecule has 0 aliphatic carbocycles. The van der Waals surface area contributed by atoms with E-state index < -0.39 is 0 Å². The molecule has 1 aromatic heterocycles. The number of anilines is 3. The summed E-state index contributed by atoms with van der Waals surface area (Å²) >= 11 is 0. The van der Waals surface area contributed by atoms with Gasteiger partial charge in [0.25, 0.3) is 0 Å². The molecule has 0 bridgehead atoms. The average Bonchev–Trinajstić information content (AvgIpc) is 2.57. The Morgan fingerprint density at radius 2 is 1.78 bits per heavy atom. The Hall–Kier alpha value is -2.95. The summed E-state index contributed by atoms with van der Waals surface area (Å²) in [4.78, 5) is 8.61. The highest BCUT2D eigenvalue weighted by atomic mass is 19.1. The van der Waals surface area contributed by atoms with E-state index in [-0.39, 0.29) is 5.82 Å². The van der Waals surface area contributed by atoms with E-state index in [0.717, 1.165) is 11.3 Å². The molecule has 23 heavy (non-hydrogen) atoms. The van der Waals surface area contributed by atoms with Crippen LogP contribution in [0.25, 0.3) is 0 Å². The summed E-state index contributed by atoms with van der Waals surface area (Å²) in [6.45, 7) is 2.39. The molecule has 3 rings (SSSR count). The number of halogens is 1. The molecule has 0 spiro atoms. The highest BCUT2D eigenvalue weighted by Gasteiger charge is 2.04. The maximum atomic E-state index is 13.6. The van der Waals surface area contributed by atoms with Gasteiger partial charge >= 0.3 is 0 Å². The van der Waals surface area contributed by atoms with Gasteiger partial charge in [0.05, 0.1) is 0 Å². The number of benzene rings is 2. The third kappa shape index (κ3) is 3.83. The third-order valence-corrected chi connectivity index (χ3v) is 3.46. The number of nitrogens with one attached hydrogen (secondary N) is 2. The first-order valence-corrected chi connectivity index (χ1v) is 7.35. The van der Waals surface area contributed by atoms with Crippen LogP contribution in [-0.4, -0.2) is 9.97 Å². The number of rotatable bonds is 5. The molecule has 4 nitrogen and oxygen atoms in total. The van der Waals surface area contributed by atoms with Gasteiger partial charge in [-0.3, -0.25) is 0 Å². The summed E-state index contributed by atoms with van der Waals surface area (Å²) in [5.41, 5.74) is 2.67. The number of nitrogens with zero attached hydrogens (tertiary/aromatic N) is 2. The van der Waals surface area contributed by atoms with E-state index in [1.807, 2.05) is 37.3 Å². The van der Waals surface area contributed by atoms with Gasteiger partial charge in [0.15, 0.2) is 0 Å². The molecule has 0 unspecified atom stereocenters. The molecule has 0 atom stereocenters. The van der Waals surface area contributed by atoms with Gasteiger partial charge in [0.1, 0.15) is 11.6 Å². The third-order valence-electron chi connectivity index (χ3n) is 3.46. The smallest absolute Gasteiger partial charge is 0.229 e. The summed E-state index contributed by atoms with van der Waals surface area (Å²) in [5, 5.41) is 6.30. The van der Waals surface area contributed by atoms with Crippen molar-refractivity contribution < 1.29 is 4.39 Å². The van der Waals surface area contributed by atoms with Crippen LogP contribution < -0.4 is 10.6 Å². The summed E-state index contributed by atoms with van der Waals surface area (Å²) in [6.07, 6.45) is 1.66. The van der Waals surface area contributed by atoms with Crippen LogP contribution >= 0.6 is 0 Å². The molecule has 116 valence electrons. The van der Waals surface area contributed by atoms with Crippen LogP contribution in [0.4, 0.5) is 21.8 Å². The SMILES string of the molecule is Cc1ccccc1Nc1nccc(NCc2ccccc2F)n1. The summed E-state index contributed by atoms with van der Waals surface area (Å²) in [7, 11) is 0. The highest BCUT2D eigenvalue weighted by Crippen LogP contribution is 2.18. The summed E-state index contributed by atoms with van der Waals surface area (Å²) in [6, 6.07) is 16.4. The minimum Gasteiger partial charge on any atom is -0.366 e. The van der Waals surface area contributed by atoms with Crippen molar-refractivity contribution in [3.8, 4) is 0 Å². The molecule has 0 radical (unpaired) electrons. The van der Waals surface area contributed by atoms with Crippen LogP contribution in [0.1, 0.15) is 11.1 Å². The number of hydrogen-bond donors (Lipinski definition) is 2. The lowest BCUT2D eigenvalue weighted by Crippen LogP contribution is -2.05. The van der Waals surface area contributed by atoms with Crippen LogP contribution in [0.2, 0.25) is 0 Å². The number of hydrogen-bond acceptors (Lipinski definition) is 4. The Labute approximate surface area is 134 Å². The van der Waals surface area contributed by atoms with Crippen LogP contribution in [0.5, 0.6) is 0 Å². The molecule has 0 saturated heterocycles. The average molecular weight is 308 g/mol. The minimum absolute atomic E-state index is 0.229. The highest BCUT2D eigenvalue weighted by molar-refractivity contribution is 5.58. The number of aryl methyl sites for hydroxylation is 1. The lowest BCUT2D eigenvalue weighted by Gasteiger charge is -2.10. The van der Waals surface area contributed by atoms with Gasteiger partial charge in [-0.2, -0.15) is 4.98 Å². The van der Waals surface area contributed by atoms with Gasteiger partial charge in [0, 0.05) is 24.0 Å². The second kappa shape index (κ2) is 6.87. The first-order chi connectivity index (χ1) is 11.2. The zero-order chi connectivity index (χ0) is 16.1. The van der Waals surface area contributed by atoms with Gasteiger partial charge in [-0.15, -0.1) is 0 Å². The van der Waals surface area contributed by atoms with Gasteiger partial charge in [0.2, 0.25) is 5.95 Å². The van der Waals surface area contributed by atoms with Crippen molar-refractivity contribution in [3.05, 3.63) is 77.7 Å². The van der Waals surface area contributed by atoms with E-state index >= 15 is 0 Å². The van der Waals surface area contributed by atoms with Crippen LogP contribution in [0, 0.1) is 12.7 Å².